The topological polar surface area (TPSA) is 36.8 Å². The molecule has 1 fully saturated rings. The van der Waals surface area contributed by atoms with Crippen LogP contribution < -0.4 is 5.32 Å². The summed E-state index contributed by atoms with van der Waals surface area (Å²) in [5.74, 6) is 0.291. The highest BCUT2D eigenvalue weighted by molar-refractivity contribution is 5.22. The van der Waals surface area contributed by atoms with E-state index in [0.29, 0.717) is 18.0 Å². The van der Waals surface area contributed by atoms with Gasteiger partial charge in [-0.2, -0.15) is 0 Å². The van der Waals surface area contributed by atoms with Gasteiger partial charge in [-0.25, -0.2) is 0 Å². The molecule has 2 aromatic carbocycles. The number of aliphatic hydroxyl groups is 1. The number of nitrogens with two attached hydrogens (primary N) is 1. The minimum Gasteiger partial charge on any atom is -0.389 e. The van der Waals surface area contributed by atoms with Crippen LogP contribution in [-0.4, -0.2) is 10.7 Å². The molecule has 1 heterocycles. The van der Waals surface area contributed by atoms with Gasteiger partial charge in [0, 0.05) is 23.5 Å². The molecule has 1 aliphatic rings. The maximum atomic E-state index is 11.6. The van der Waals surface area contributed by atoms with Crippen LogP contribution in [0.3, 0.4) is 0 Å². The molecule has 3 rings (SSSR count). The summed E-state index contributed by atoms with van der Waals surface area (Å²) < 4.78 is 0. The normalized spacial score (nSPS) is 30.2. The van der Waals surface area contributed by atoms with Gasteiger partial charge in [-0.15, -0.1) is 0 Å². The van der Waals surface area contributed by atoms with Crippen LogP contribution in [0, 0.1) is 5.92 Å². The van der Waals surface area contributed by atoms with E-state index in [1.54, 1.807) is 0 Å². The molecular weight excluding hydrogens is 294 g/mol. The fourth-order valence-electron chi connectivity index (χ4n) is 4.62. The third-order valence-corrected chi connectivity index (χ3v) is 5.67. The molecule has 2 nitrogen and oxygen atoms in total. The zero-order chi connectivity index (χ0) is 17.0. The van der Waals surface area contributed by atoms with Crippen LogP contribution in [0.1, 0.15) is 62.7 Å². The monoisotopic (exact) mass is 324 g/mol. The summed E-state index contributed by atoms with van der Waals surface area (Å²) in [5.41, 5.74) is 2.07. The van der Waals surface area contributed by atoms with Gasteiger partial charge in [0.05, 0.1) is 5.60 Å². The molecule has 0 aromatic heterocycles. The maximum absolute atomic E-state index is 11.6. The molecule has 0 bridgehead atoms. The van der Waals surface area contributed by atoms with Crippen LogP contribution in [0.5, 0.6) is 0 Å². The predicted molar refractivity (Wildman–Crippen MR) is 98.5 cm³/mol. The Morgan fingerprint density at radius 3 is 2.08 bits per heavy atom. The van der Waals surface area contributed by atoms with Gasteiger partial charge in [0.25, 0.3) is 0 Å². The van der Waals surface area contributed by atoms with Crippen molar-refractivity contribution in [2.75, 3.05) is 0 Å². The predicted octanol–water partition coefficient (Wildman–Crippen LogP) is 3.99. The molecule has 0 unspecified atom stereocenters. The Kier molecular flexibility index (Phi) is 5.37. The highest BCUT2D eigenvalue weighted by Crippen LogP contribution is 2.42. The zero-order valence-corrected chi connectivity index (χ0v) is 14.9. The summed E-state index contributed by atoms with van der Waals surface area (Å²) in [6.45, 7) is 4.40. The van der Waals surface area contributed by atoms with Gasteiger partial charge < -0.3 is 10.4 Å². The largest absolute Gasteiger partial charge is 0.389 e. The molecule has 1 saturated heterocycles. The zero-order valence-electron chi connectivity index (χ0n) is 14.9. The molecule has 0 amide bonds. The smallest absolute Gasteiger partial charge is 0.118 e. The van der Waals surface area contributed by atoms with E-state index >= 15 is 0 Å². The van der Waals surface area contributed by atoms with Crippen molar-refractivity contribution in [1.29, 1.82) is 0 Å². The minimum absolute atomic E-state index is 0.291. The minimum atomic E-state index is -0.584. The fourth-order valence-corrected chi connectivity index (χ4v) is 4.62. The summed E-state index contributed by atoms with van der Waals surface area (Å²) in [4.78, 5) is 0. The summed E-state index contributed by atoms with van der Waals surface area (Å²) in [6.07, 6.45) is 3.75. The van der Waals surface area contributed by atoms with Crippen LogP contribution in [0.2, 0.25) is 0 Å². The van der Waals surface area contributed by atoms with Crippen molar-refractivity contribution in [3.05, 3.63) is 71.8 Å². The van der Waals surface area contributed by atoms with Crippen molar-refractivity contribution in [2.24, 2.45) is 5.92 Å². The maximum Gasteiger partial charge on any atom is 0.118 e. The van der Waals surface area contributed by atoms with Gasteiger partial charge in [0.2, 0.25) is 0 Å². The Balaban J connectivity index is 1.98. The van der Waals surface area contributed by atoms with Gasteiger partial charge in [-0.3, -0.25) is 0 Å². The number of rotatable bonds is 5. The second-order valence-electron chi connectivity index (χ2n) is 7.22. The quantitative estimate of drug-likeness (QED) is 0.857. The molecule has 2 aromatic rings. The Labute approximate surface area is 145 Å². The highest BCUT2D eigenvalue weighted by atomic mass is 16.3. The number of hydrogen-bond acceptors (Lipinski definition) is 1. The van der Waals surface area contributed by atoms with E-state index in [2.05, 4.69) is 79.8 Å². The van der Waals surface area contributed by atoms with Crippen LogP contribution >= 0.6 is 0 Å². The summed E-state index contributed by atoms with van der Waals surface area (Å²) in [5, 5.41) is 14.1. The average Bonchev–Trinajstić information content (AvgIpc) is 2.62. The third-order valence-electron chi connectivity index (χ3n) is 5.67. The van der Waals surface area contributed by atoms with E-state index in [0.717, 1.165) is 25.7 Å². The van der Waals surface area contributed by atoms with E-state index in [4.69, 9.17) is 0 Å². The van der Waals surface area contributed by atoms with Gasteiger partial charge in [-0.1, -0.05) is 80.9 Å². The molecule has 0 radical (unpaired) electrons. The van der Waals surface area contributed by atoms with E-state index in [1.807, 2.05) is 0 Å². The standard InChI is InChI=1S/C22H29NO/c1-3-15-22(24)16-20(17-11-7-5-8-12-17)23-21(19(22)4-2)18-13-9-6-10-14-18/h5-14,19-21,23-24H,3-4,15-16H2,1-2H3/p+1/t19-,20+,21+,22+/m0/s1. The molecular formula is C22H30NO+. The Bertz CT molecular complexity index is 627. The van der Waals surface area contributed by atoms with Crippen molar-refractivity contribution in [2.45, 2.75) is 57.2 Å². The summed E-state index contributed by atoms with van der Waals surface area (Å²) >= 11 is 0. The Morgan fingerprint density at radius 2 is 1.54 bits per heavy atom. The van der Waals surface area contributed by atoms with Crippen molar-refractivity contribution in [1.82, 2.24) is 0 Å². The highest BCUT2D eigenvalue weighted by Gasteiger charge is 2.49. The molecule has 2 heteroatoms. The van der Waals surface area contributed by atoms with Gasteiger partial charge in [0.1, 0.15) is 12.1 Å². The molecule has 0 aliphatic carbocycles. The molecule has 3 N–H and O–H groups in total. The van der Waals surface area contributed by atoms with Crippen molar-refractivity contribution in [3.8, 4) is 0 Å². The molecule has 0 spiro atoms. The lowest BCUT2D eigenvalue weighted by molar-refractivity contribution is -0.757. The summed E-state index contributed by atoms with van der Waals surface area (Å²) in [6, 6.07) is 22.0. The van der Waals surface area contributed by atoms with Crippen molar-refractivity contribution >= 4 is 0 Å². The first-order chi connectivity index (χ1) is 11.7. The van der Waals surface area contributed by atoms with Gasteiger partial charge >= 0.3 is 0 Å². The summed E-state index contributed by atoms with van der Waals surface area (Å²) in [7, 11) is 0. The van der Waals surface area contributed by atoms with Gasteiger partial charge in [0.15, 0.2) is 0 Å². The van der Waals surface area contributed by atoms with Crippen LogP contribution in [0.4, 0.5) is 0 Å². The van der Waals surface area contributed by atoms with Crippen molar-refractivity contribution in [3.63, 3.8) is 0 Å². The lowest BCUT2D eigenvalue weighted by Gasteiger charge is -2.46. The van der Waals surface area contributed by atoms with Crippen LogP contribution in [0.15, 0.2) is 60.7 Å². The van der Waals surface area contributed by atoms with E-state index in [1.165, 1.54) is 11.1 Å². The molecule has 1 aliphatic heterocycles. The third kappa shape index (κ3) is 3.40. The first kappa shape index (κ1) is 17.2. The first-order valence-electron chi connectivity index (χ1n) is 9.35. The number of quaternary nitrogens is 1. The number of piperidine rings is 1. The first-order valence-corrected chi connectivity index (χ1v) is 9.35. The fraction of sp³-hybridized carbons (Fsp3) is 0.455. The van der Waals surface area contributed by atoms with Crippen LogP contribution in [0.25, 0.3) is 0 Å². The van der Waals surface area contributed by atoms with Crippen LogP contribution in [-0.2, 0) is 0 Å². The molecule has 24 heavy (non-hydrogen) atoms. The molecule has 0 saturated carbocycles. The number of hydrogen-bond donors (Lipinski definition) is 2. The number of benzene rings is 2. The van der Waals surface area contributed by atoms with E-state index in [9.17, 15) is 5.11 Å². The van der Waals surface area contributed by atoms with Crippen molar-refractivity contribution < 1.29 is 10.4 Å². The molecule has 4 atom stereocenters. The van der Waals surface area contributed by atoms with E-state index in [-0.39, 0.29) is 0 Å². The SMILES string of the molecule is CCC[C@@]1(O)C[C@H](c2ccccc2)[NH2+][C@H](c2ccccc2)[C@@H]1CC. The lowest BCUT2D eigenvalue weighted by Crippen LogP contribution is -2.91. The Hall–Kier alpha value is -1.64. The average molecular weight is 324 g/mol. The molecule has 128 valence electrons. The second-order valence-corrected chi connectivity index (χ2v) is 7.22. The van der Waals surface area contributed by atoms with E-state index < -0.39 is 5.60 Å². The second kappa shape index (κ2) is 7.50. The Morgan fingerprint density at radius 1 is 0.958 bits per heavy atom. The lowest BCUT2D eigenvalue weighted by atomic mass is 9.68. The van der Waals surface area contributed by atoms with Gasteiger partial charge in [-0.05, 0) is 12.8 Å².